The van der Waals surface area contributed by atoms with Crippen LogP contribution in [0.4, 0.5) is 4.39 Å². The van der Waals surface area contributed by atoms with Gasteiger partial charge < -0.3 is 0 Å². The molecule has 0 aromatic heterocycles. The Balaban J connectivity index is 2.81. The van der Waals surface area contributed by atoms with Gasteiger partial charge in [-0.3, -0.25) is 4.79 Å². The second-order valence-corrected chi connectivity index (χ2v) is 2.92. The highest BCUT2D eigenvalue weighted by molar-refractivity contribution is 5.84. The summed E-state index contributed by atoms with van der Waals surface area (Å²) in [7, 11) is 0. The lowest BCUT2D eigenvalue weighted by atomic mass is 9.89. The van der Waals surface area contributed by atoms with Crippen LogP contribution in [0.2, 0.25) is 0 Å². The number of carbonyl (C=O) groups is 1. The molecule has 0 saturated heterocycles. The Kier molecular flexibility index (Phi) is 1.88. The average Bonchev–Trinajstić information content (AvgIpc) is 1.82. The highest BCUT2D eigenvalue weighted by atomic mass is 19.1. The number of allylic oxidation sites excluding steroid dienone is 2. The molecule has 1 nitrogen and oxygen atoms in total. The fourth-order valence-corrected chi connectivity index (χ4v) is 1.12. The largest absolute Gasteiger partial charge is 0.299 e. The van der Waals surface area contributed by atoms with E-state index in [4.69, 9.17) is 0 Å². The number of Topliss-reactive ketones (excluding diaryl/α,β-unsaturated/α-hetero) is 1. The molecule has 0 aliphatic heterocycles. The molecule has 0 bridgehead atoms. The Morgan fingerprint density at radius 2 is 2.20 bits per heavy atom. The Morgan fingerprint density at radius 1 is 1.60 bits per heavy atom. The van der Waals surface area contributed by atoms with Gasteiger partial charge in [-0.1, -0.05) is 6.92 Å². The van der Waals surface area contributed by atoms with Crippen molar-refractivity contribution < 1.29 is 9.18 Å². The highest BCUT2D eigenvalue weighted by Gasteiger charge is 2.24. The van der Waals surface area contributed by atoms with Crippen LogP contribution in [0.15, 0.2) is 11.9 Å². The summed E-state index contributed by atoms with van der Waals surface area (Å²) in [4.78, 5) is 10.9. The van der Waals surface area contributed by atoms with Crippen molar-refractivity contribution in [2.24, 2.45) is 11.8 Å². The van der Waals surface area contributed by atoms with Crippen molar-refractivity contribution in [3.8, 4) is 0 Å². The van der Waals surface area contributed by atoms with Gasteiger partial charge >= 0.3 is 0 Å². The Hall–Kier alpha value is -0.660. The molecule has 56 valence electrons. The van der Waals surface area contributed by atoms with Crippen LogP contribution in [0.25, 0.3) is 0 Å². The van der Waals surface area contributed by atoms with Crippen LogP contribution in [0.1, 0.15) is 20.3 Å². The van der Waals surface area contributed by atoms with Crippen LogP contribution in [0, 0.1) is 11.8 Å². The number of carbonyl (C=O) groups excluding carboxylic acids is 1. The van der Waals surface area contributed by atoms with Crippen LogP contribution in [0.3, 0.4) is 0 Å². The molecule has 0 heterocycles. The topological polar surface area (TPSA) is 17.1 Å². The highest BCUT2D eigenvalue weighted by Crippen LogP contribution is 2.25. The molecule has 10 heavy (non-hydrogen) atoms. The summed E-state index contributed by atoms with van der Waals surface area (Å²) in [6.07, 6.45) is 2.03. The molecule has 1 aliphatic carbocycles. The van der Waals surface area contributed by atoms with Gasteiger partial charge in [-0.25, -0.2) is 4.39 Å². The van der Waals surface area contributed by atoms with Gasteiger partial charge in [0.1, 0.15) is 11.6 Å². The van der Waals surface area contributed by atoms with E-state index in [9.17, 15) is 9.18 Å². The van der Waals surface area contributed by atoms with E-state index in [1.165, 1.54) is 6.08 Å². The molecule has 0 radical (unpaired) electrons. The van der Waals surface area contributed by atoms with Gasteiger partial charge in [0.15, 0.2) is 0 Å². The van der Waals surface area contributed by atoms with Crippen molar-refractivity contribution in [2.45, 2.75) is 20.3 Å². The molecule has 1 rings (SSSR count). The molecule has 2 heteroatoms. The van der Waals surface area contributed by atoms with Gasteiger partial charge in [0.2, 0.25) is 0 Å². The molecule has 1 aliphatic rings. The first-order chi connectivity index (χ1) is 4.61. The van der Waals surface area contributed by atoms with Crippen molar-refractivity contribution in [3.63, 3.8) is 0 Å². The second-order valence-electron chi connectivity index (χ2n) is 2.92. The maximum absolute atomic E-state index is 12.7. The zero-order valence-electron chi connectivity index (χ0n) is 6.23. The normalized spacial score (nSPS) is 33.9. The van der Waals surface area contributed by atoms with Gasteiger partial charge in [0.05, 0.1) is 5.92 Å². The summed E-state index contributed by atoms with van der Waals surface area (Å²) < 4.78 is 12.7. The average molecular weight is 142 g/mol. The smallest absolute Gasteiger partial charge is 0.142 e. The molecule has 0 aromatic carbocycles. The van der Waals surface area contributed by atoms with Gasteiger partial charge in [0.25, 0.3) is 0 Å². The minimum atomic E-state index is -0.490. The van der Waals surface area contributed by atoms with Crippen molar-refractivity contribution in [3.05, 3.63) is 11.9 Å². The molecular formula is C8H11FO. The molecule has 0 fully saturated rings. The fourth-order valence-electron chi connectivity index (χ4n) is 1.12. The fraction of sp³-hybridized carbons (Fsp3) is 0.625. The summed E-state index contributed by atoms with van der Waals surface area (Å²) >= 11 is 0. The molecule has 0 amide bonds. The van der Waals surface area contributed by atoms with Crippen molar-refractivity contribution >= 4 is 5.78 Å². The molecule has 2 unspecified atom stereocenters. The number of rotatable bonds is 0. The maximum atomic E-state index is 12.7. The van der Waals surface area contributed by atoms with E-state index in [0.717, 1.165) is 0 Å². The second kappa shape index (κ2) is 2.52. The van der Waals surface area contributed by atoms with E-state index in [1.54, 1.807) is 6.92 Å². The first kappa shape index (κ1) is 7.45. The SMILES string of the molecule is CC1C=C(F)C(C)C(=O)C1. The minimum absolute atomic E-state index is 0.0208. The number of hydrogen-bond donors (Lipinski definition) is 0. The Bertz CT molecular complexity index is 184. The third kappa shape index (κ3) is 1.25. The van der Waals surface area contributed by atoms with Gasteiger partial charge in [-0.05, 0) is 18.9 Å². The molecule has 0 aromatic rings. The van der Waals surface area contributed by atoms with E-state index >= 15 is 0 Å². The lowest BCUT2D eigenvalue weighted by Gasteiger charge is -2.17. The molecule has 0 N–H and O–H groups in total. The maximum Gasteiger partial charge on any atom is 0.142 e. The van der Waals surface area contributed by atoms with E-state index in [2.05, 4.69) is 0 Å². The molecule has 0 spiro atoms. The first-order valence-electron chi connectivity index (χ1n) is 3.51. The summed E-state index contributed by atoms with van der Waals surface area (Å²) in [5.74, 6) is -0.642. The van der Waals surface area contributed by atoms with Gasteiger partial charge in [-0.2, -0.15) is 0 Å². The van der Waals surface area contributed by atoms with E-state index in [0.29, 0.717) is 6.42 Å². The zero-order chi connectivity index (χ0) is 7.72. The van der Waals surface area contributed by atoms with E-state index < -0.39 is 5.92 Å². The van der Waals surface area contributed by atoms with Crippen molar-refractivity contribution in [1.82, 2.24) is 0 Å². The van der Waals surface area contributed by atoms with Gasteiger partial charge in [0, 0.05) is 6.42 Å². The summed E-state index contributed by atoms with van der Waals surface area (Å²) in [5, 5.41) is 0. The van der Waals surface area contributed by atoms with Crippen LogP contribution >= 0.6 is 0 Å². The molecule has 0 saturated carbocycles. The van der Waals surface area contributed by atoms with Crippen LogP contribution in [-0.2, 0) is 4.79 Å². The molecule has 2 atom stereocenters. The first-order valence-corrected chi connectivity index (χ1v) is 3.51. The van der Waals surface area contributed by atoms with Gasteiger partial charge in [-0.15, -0.1) is 0 Å². The lowest BCUT2D eigenvalue weighted by molar-refractivity contribution is -0.122. The summed E-state index contributed by atoms with van der Waals surface area (Å²) in [6, 6.07) is 0. The predicted octanol–water partition coefficient (Wildman–Crippen LogP) is 2.08. The minimum Gasteiger partial charge on any atom is -0.299 e. The lowest BCUT2D eigenvalue weighted by Crippen LogP contribution is -2.19. The Morgan fingerprint density at radius 3 is 2.70 bits per heavy atom. The summed E-state index contributed by atoms with van der Waals surface area (Å²) in [5.41, 5.74) is 0. The third-order valence-electron chi connectivity index (χ3n) is 1.86. The third-order valence-corrected chi connectivity index (χ3v) is 1.86. The van der Waals surface area contributed by atoms with Crippen LogP contribution < -0.4 is 0 Å². The molecular weight excluding hydrogens is 131 g/mol. The monoisotopic (exact) mass is 142 g/mol. The van der Waals surface area contributed by atoms with Crippen LogP contribution in [0.5, 0.6) is 0 Å². The van der Waals surface area contributed by atoms with E-state index in [1.807, 2.05) is 6.92 Å². The quantitative estimate of drug-likeness (QED) is 0.506. The summed E-state index contributed by atoms with van der Waals surface area (Å²) in [6.45, 7) is 3.46. The predicted molar refractivity (Wildman–Crippen MR) is 37.1 cm³/mol. The van der Waals surface area contributed by atoms with Crippen molar-refractivity contribution in [1.29, 1.82) is 0 Å². The van der Waals surface area contributed by atoms with E-state index in [-0.39, 0.29) is 17.5 Å². The number of halogens is 1. The number of ketones is 1. The zero-order valence-corrected chi connectivity index (χ0v) is 6.23. The van der Waals surface area contributed by atoms with Crippen LogP contribution in [-0.4, -0.2) is 5.78 Å². The Labute approximate surface area is 59.9 Å². The van der Waals surface area contributed by atoms with Crippen molar-refractivity contribution in [2.75, 3.05) is 0 Å². The standard InChI is InChI=1S/C8H11FO/c1-5-3-7(9)6(2)8(10)4-5/h3,5-6H,4H2,1-2H3. The number of hydrogen-bond acceptors (Lipinski definition) is 1.